The Kier molecular flexibility index (Phi) is 3.55. The van der Waals surface area contributed by atoms with Gasteiger partial charge in [-0.25, -0.2) is 8.12 Å². The van der Waals surface area contributed by atoms with Gasteiger partial charge in [-0.2, -0.15) is 0 Å². The smallest absolute Gasteiger partial charge is 0.0367 e. The summed E-state index contributed by atoms with van der Waals surface area (Å²) >= 11 is 2.45. The van der Waals surface area contributed by atoms with Crippen LogP contribution in [0.15, 0.2) is 0 Å². The Morgan fingerprint density at radius 2 is 2.17 bits per heavy atom. The van der Waals surface area contributed by atoms with E-state index in [0.717, 1.165) is 13.1 Å². The van der Waals surface area contributed by atoms with Crippen molar-refractivity contribution in [2.45, 2.75) is 25.1 Å². The molecule has 0 aromatic heterocycles. The van der Waals surface area contributed by atoms with Crippen molar-refractivity contribution in [2.75, 3.05) is 20.1 Å². The predicted octanol–water partition coefficient (Wildman–Crippen LogP) is -0.442. The van der Waals surface area contributed by atoms with Gasteiger partial charge in [0.15, 0.2) is 0 Å². The monoisotopic (exact) mass is 299 g/mol. The van der Waals surface area contributed by atoms with Gasteiger partial charge in [0.25, 0.3) is 0 Å². The molecule has 0 saturated carbocycles. The Hall–Kier alpha value is 0.827. The molecule has 12 heavy (non-hydrogen) atoms. The van der Waals surface area contributed by atoms with Crippen molar-refractivity contribution in [3.63, 3.8) is 0 Å². The first kappa shape index (κ1) is 10.9. The molecule has 0 amide bonds. The maximum atomic E-state index is 3.26. The van der Waals surface area contributed by atoms with E-state index in [2.05, 4.69) is 50.3 Å². The van der Waals surface area contributed by atoms with E-state index in [1.54, 1.807) is 0 Å². The SMILES string of the molecule is CNN1CCN(I)[C@@](C)([SiH3])[C@@H]1C. The highest BCUT2D eigenvalue weighted by atomic mass is 127. The Morgan fingerprint density at radius 1 is 1.58 bits per heavy atom. The minimum absolute atomic E-state index is 0.391. The fourth-order valence-electron chi connectivity index (χ4n) is 1.57. The lowest BCUT2D eigenvalue weighted by atomic mass is 10.1. The van der Waals surface area contributed by atoms with Gasteiger partial charge in [-0.05, 0) is 20.9 Å². The third kappa shape index (κ3) is 1.84. The maximum absolute atomic E-state index is 3.26. The summed E-state index contributed by atoms with van der Waals surface area (Å²) in [4.78, 5) is 0. The average molecular weight is 299 g/mol. The van der Waals surface area contributed by atoms with Gasteiger partial charge < -0.3 is 0 Å². The van der Waals surface area contributed by atoms with Crippen molar-refractivity contribution in [2.24, 2.45) is 0 Å². The van der Waals surface area contributed by atoms with Gasteiger partial charge in [-0.15, -0.1) is 0 Å². The quantitative estimate of drug-likeness (QED) is 0.402. The second kappa shape index (κ2) is 3.91. The molecule has 2 atom stereocenters. The molecule has 0 aliphatic carbocycles. The second-order valence-corrected chi connectivity index (χ2v) is 7.02. The van der Waals surface area contributed by atoms with Gasteiger partial charge in [-0.3, -0.25) is 5.43 Å². The number of rotatable bonds is 1. The Balaban J connectivity index is 2.71. The van der Waals surface area contributed by atoms with Crippen LogP contribution in [0.4, 0.5) is 0 Å². The molecule has 0 radical (unpaired) electrons. The summed E-state index contributed by atoms with van der Waals surface area (Å²) < 4.78 is 2.45. The molecule has 0 spiro atoms. The summed E-state index contributed by atoms with van der Waals surface area (Å²) in [5.41, 5.74) is 3.26. The molecule has 1 heterocycles. The molecule has 1 rings (SSSR count). The van der Waals surface area contributed by atoms with Crippen LogP contribution in [-0.2, 0) is 0 Å². The van der Waals surface area contributed by atoms with Crippen LogP contribution >= 0.6 is 22.9 Å². The van der Waals surface area contributed by atoms with Gasteiger partial charge in [0.05, 0.1) is 0 Å². The van der Waals surface area contributed by atoms with Crippen molar-refractivity contribution < 1.29 is 0 Å². The predicted molar refractivity (Wildman–Crippen MR) is 64.3 cm³/mol. The van der Waals surface area contributed by atoms with Crippen LogP contribution in [0.2, 0.25) is 0 Å². The zero-order valence-corrected chi connectivity index (χ0v) is 12.4. The van der Waals surface area contributed by atoms with Crippen LogP contribution < -0.4 is 5.43 Å². The van der Waals surface area contributed by atoms with Gasteiger partial charge in [0, 0.05) is 57.4 Å². The van der Waals surface area contributed by atoms with Crippen LogP contribution in [-0.4, -0.2) is 49.7 Å². The largest absolute Gasteiger partial charge is 0.258 e. The van der Waals surface area contributed by atoms with E-state index < -0.39 is 0 Å². The number of piperazine rings is 1. The molecule has 1 N–H and O–H groups in total. The zero-order valence-electron chi connectivity index (χ0n) is 8.26. The van der Waals surface area contributed by atoms with E-state index in [4.69, 9.17) is 0 Å². The number of nitrogens with one attached hydrogen (secondary N) is 1. The molecule has 1 fully saturated rings. The molecule has 0 bridgehead atoms. The normalized spacial score (nSPS) is 40.5. The van der Waals surface area contributed by atoms with E-state index in [1.165, 1.54) is 10.2 Å². The number of hydrogen-bond acceptors (Lipinski definition) is 3. The lowest BCUT2D eigenvalue weighted by molar-refractivity contribution is 0.0425. The first-order chi connectivity index (χ1) is 5.50. The Bertz CT molecular complexity index is 165. The topological polar surface area (TPSA) is 18.5 Å². The summed E-state index contributed by atoms with van der Waals surface area (Å²) in [6.07, 6.45) is 0. The minimum Gasteiger partial charge on any atom is -0.258 e. The Morgan fingerprint density at radius 3 is 2.67 bits per heavy atom. The fraction of sp³-hybridized carbons (Fsp3) is 1.00. The third-order valence-corrected chi connectivity index (χ3v) is 6.95. The highest BCUT2D eigenvalue weighted by Crippen LogP contribution is 2.26. The van der Waals surface area contributed by atoms with E-state index in [0.29, 0.717) is 11.2 Å². The van der Waals surface area contributed by atoms with Crippen LogP contribution in [0.25, 0.3) is 0 Å². The van der Waals surface area contributed by atoms with Gasteiger partial charge in [-0.1, -0.05) is 0 Å². The van der Waals surface area contributed by atoms with E-state index >= 15 is 0 Å². The van der Waals surface area contributed by atoms with Gasteiger partial charge in [0.2, 0.25) is 0 Å². The first-order valence-electron chi connectivity index (χ1n) is 4.37. The summed E-state index contributed by atoms with van der Waals surface area (Å²) in [5, 5.41) is 2.73. The molecule has 0 unspecified atom stereocenters. The first-order valence-corrected chi connectivity index (χ1v) is 6.34. The molecule has 72 valence electrons. The van der Waals surface area contributed by atoms with Gasteiger partial charge in [0.1, 0.15) is 0 Å². The fourth-order valence-corrected chi connectivity index (χ4v) is 2.72. The molecule has 0 aromatic carbocycles. The third-order valence-electron chi connectivity index (χ3n) is 2.94. The standard InChI is InChI=1S/C7H18IN3Si/c1-6-7(2,12)11(8)5-4-10(6)9-3/h6,9H,4-5H2,1-3,12H3/t6-,7-/m0/s1. The average Bonchev–Trinajstić information content (AvgIpc) is 2.02. The molecule has 1 saturated heterocycles. The minimum atomic E-state index is 0.391. The summed E-state index contributed by atoms with van der Waals surface area (Å²) in [7, 11) is 3.22. The molecule has 1 aliphatic heterocycles. The second-order valence-electron chi connectivity index (χ2n) is 3.83. The number of nitrogens with zero attached hydrogens (tertiary/aromatic N) is 2. The number of halogens is 1. The molecule has 1 aliphatic rings. The van der Waals surface area contributed by atoms with E-state index in [9.17, 15) is 0 Å². The van der Waals surface area contributed by atoms with Crippen molar-refractivity contribution in [3.05, 3.63) is 0 Å². The molecule has 3 nitrogen and oxygen atoms in total. The van der Waals surface area contributed by atoms with E-state index in [-0.39, 0.29) is 0 Å². The van der Waals surface area contributed by atoms with Gasteiger partial charge >= 0.3 is 0 Å². The molecular weight excluding hydrogens is 281 g/mol. The molecule has 0 aromatic rings. The zero-order chi connectivity index (χ0) is 9.35. The van der Waals surface area contributed by atoms with Crippen LogP contribution in [0.1, 0.15) is 13.8 Å². The lowest BCUT2D eigenvalue weighted by Gasteiger charge is -2.49. The van der Waals surface area contributed by atoms with Crippen LogP contribution in [0, 0.1) is 0 Å². The lowest BCUT2D eigenvalue weighted by Crippen LogP contribution is -2.65. The van der Waals surface area contributed by atoms with E-state index in [1.807, 2.05) is 7.05 Å². The van der Waals surface area contributed by atoms with Crippen molar-refractivity contribution >= 4 is 33.1 Å². The highest BCUT2D eigenvalue weighted by Gasteiger charge is 2.38. The number of hydrogen-bond donors (Lipinski definition) is 1. The van der Waals surface area contributed by atoms with Crippen molar-refractivity contribution in [1.82, 2.24) is 13.5 Å². The summed E-state index contributed by atoms with van der Waals surface area (Å²) in [6, 6.07) is 0.611. The number of hydrazine groups is 1. The van der Waals surface area contributed by atoms with Crippen molar-refractivity contribution in [3.8, 4) is 0 Å². The van der Waals surface area contributed by atoms with Crippen LogP contribution in [0.5, 0.6) is 0 Å². The summed E-state index contributed by atoms with van der Waals surface area (Å²) in [5.74, 6) is 0. The molecule has 5 heteroatoms. The maximum Gasteiger partial charge on any atom is 0.0367 e. The highest BCUT2D eigenvalue weighted by molar-refractivity contribution is 14.1. The van der Waals surface area contributed by atoms with Crippen molar-refractivity contribution in [1.29, 1.82) is 0 Å². The summed E-state index contributed by atoms with van der Waals surface area (Å²) in [6.45, 7) is 6.93. The Labute approximate surface area is 91.8 Å². The molecular formula is C7H18IN3Si. The van der Waals surface area contributed by atoms with Crippen LogP contribution in [0.3, 0.4) is 0 Å².